The molecule has 30 heavy (non-hydrogen) atoms. The van der Waals surface area contributed by atoms with Crippen molar-refractivity contribution in [1.82, 2.24) is 9.47 Å². The van der Waals surface area contributed by atoms with Gasteiger partial charge in [0.2, 0.25) is 0 Å². The molecule has 2 aromatic carbocycles. The van der Waals surface area contributed by atoms with Crippen molar-refractivity contribution in [2.45, 2.75) is 39.4 Å². The second kappa shape index (κ2) is 8.32. The van der Waals surface area contributed by atoms with Gasteiger partial charge in [0, 0.05) is 49.2 Å². The van der Waals surface area contributed by atoms with Crippen molar-refractivity contribution in [2.75, 3.05) is 13.7 Å². The Morgan fingerprint density at radius 1 is 1.13 bits per heavy atom. The maximum atomic E-state index is 11.3. The van der Waals surface area contributed by atoms with Gasteiger partial charge in [0.15, 0.2) is 0 Å². The maximum absolute atomic E-state index is 11.3. The SMILES string of the molecule is COc1ccc([N+](=O)[O-])cc1CN1CCCn2cccc2C1c1cc(C)ccc1C. The Hall–Kier alpha value is -3.12. The van der Waals surface area contributed by atoms with Gasteiger partial charge >= 0.3 is 0 Å². The molecule has 0 saturated carbocycles. The highest BCUT2D eigenvalue weighted by atomic mass is 16.6. The Kier molecular flexibility index (Phi) is 5.59. The van der Waals surface area contributed by atoms with Gasteiger partial charge in [0.1, 0.15) is 5.75 Å². The van der Waals surface area contributed by atoms with E-state index in [4.69, 9.17) is 4.74 Å². The average molecular weight is 405 g/mol. The lowest BCUT2D eigenvalue weighted by molar-refractivity contribution is -0.385. The molecule has 0 bridgehead atoms. The summed E-state index contributed by atoms with van der Waals surface area (Å²) in [7, 11) is 1.61. The second-order valence-electron chi connectivity index (χ2n) is 7.97. The average Bonchev–Trinajstić information content (AvgIpc) is 3.11. The molecule has 1 aliphatic rings. The molecule has 4 rings (SSSR count). The molecule has 156 valence electrons. The summed E-state index contributed by atoms with van der Waals surface area (Å²) in [6.07, 6.45) is 3.16. The summed E-state index contributed by atoms with van der Waals surface area (Å²) in [6, 6.07) is 15.8. The highest BCUT2D eigenvalue weighted by Gasteiger charge is 2.29. The zero-order valence-electron chi connectivity index (χ0n) is 17.7. The lowest BCUT2D eigenvalue weighted by Crippen LogP contribution is -2.30. The van der Waals surface area contributed by atoms with Crippen molar-refractivity contribution in [2.24, 2.45) is 0 Å². The van der Waals surface area contributed by atoms with Crippen molar-refractivity contribution >= 4 is 5.69 Å². The molecule has 0 fully saturated rings. The highest BCUT2D eigenvalue weighted by molar-refractivity contribution is 5.44. The number of hydrogen-bond donors (Lipinski definition) is 0. The van der Waals surface area contributed by atoms with Crippen molar-refractivity contribution < 1.29 is 9.66 Å². The van der Waals surface area contributed by atoms with Crippen molar-refractivity contribution in [1.29, 1.82) is 0 Å². The van der Waals surface area contributed by atoms with Crippen LogP contribution >= 0.6 is 0 Å². The van der Waals surface area contributed by atoms with Crippen LogP contribution in [-0.2, 0) is 13.1 Å². The summed E-state index contributed by atoms with van der Waals surface area (Å²) in [4.78, 5) is 13.4. The molecule has 6 heteroatoms. The third-order valence-electron chi connectivity index (χ3n) is 5.93. The number of non-ortho nitro benzene ring substituents is 1. The van der Waals surface area contributed by atoms with E-state index in [1.54, 1.807) is 19.2 Å². The Bertz CT molecular complexity index is 1070. The number of rotatable bonds is 5. The highest BCUT2D eigenvalue weighted by Crippen LogP contribution is 2.36. The van der Waals surface area contributed by atoms with E-state index in [9.17, 15) is 10.1 Å². The first kappa shape index (κ1) is 20.2. The van der Waals surface area contributed by atoms with Gasteiger partial charge in [-0.15, -0.1) is 0 Å². The predicted octanol–water partition coefficient (Wildman–Crippen LogP) is 5.02. The Morgan fingerprint density at radius 3 is 2.73 bits per heavy atom. The summed E-state index contributed by atoms with van der Waals surface area (Å²) < 4.78 is 7.87. The van der Waals surface area contributed by atoms with E-state index < -0.39 is 0 Å². The van der Waals surface area contributed by atoms with Crippen molar-refractivity contribution in [3.8, 4) is 5.75 Å². The van der Waals surface area contributed by atoms with Crippen LogP contribution in [0.15, 0.2) is 54.7 Å². The van der Waals surface area contributed by atoms with Gasteiger partial charge in [-0.2, -0.15) is 0 Å². The molecule has 1 atom stereocenters. The van der Waals surface area contributed by atoms with E-state index in [-0.39, 0.29) is 16.7 Å². The van der Waals surface area contributed by atoms with Crippen LogP contribution in [0.4, 0.5) is 5.69 Å². The third kappa shape index (κ3) is 3.83. The number of aryl methyl sites for hydroxylation is 3. The minimum absolute atomic E-state index is 0.0753. The molecule has 2 heterocycles. The standard InChI is InChI=1S/C24H27N3O3/c1-17-7-8-18(2)21(14-17)24-22-6-4-11-25(22)12-5-13-26(24)16-19-15-20(27(28)29)9-10-23(19)30-3/h4,6-11,14-15,24H,5,12-13,16H2,1-3H3. The number of nitro groups is 1. The summed E-state index contributed by atoms with van der Waals surface area (Å²) in [5.41, 5.74) is 5.93. The molecule has 0 radical (unpaired) electrons. The molecule has 0 aliphatic carbocycles. The van der Waals surface area contributed by atoms with Gasteiger partial charge in [-0.25, -0.2) is 0 Å². The Labute approximate surface area is 176 Å². The lowest BCUT2D eigenvalue weighted by atomic mass is 9.95. The van der Waals surface area contributed by atoms with Gasteiger partial charge in [-0.3, -0.25) is 15.0 Å². The molecular formula is C24H27N3O3. The van der Waals surface area contributed by atoms with Gasteiger partial charge in [0.25, 0.3) is 5.69 Å². The first-order chi connectivity index (χ1) is 14.5. The van der Waals surface area contributed by atoms with E-state index >= 15 is 0 Å². The zero-order valence-corrected chi connectivity index (χ0v) is 17.7. The molecule has 3 aromatic rings. The van der Waals surface area contributed by atoms with Gasteiger partial charge in [0.05, 0.1) is 18.1 Å². The smallest absolute Gasteiger partial charge is 0.270 e. The van der Waals surface area contributed by atoms with Crippen LogP contribution in [-0.4, -0.2) is 28.0 Å². The fraction of sp³-hybridized carbons (Fsp3) is 0.333. The second-order valence-corrected chi connectivity index (χ2v) is 7.97. The number of methoxy groups -OCH3 is 1. The number of hydrogen-bond acceptors (Lipinski definition) is 4. The predicted molar refractivity (Wildman–Crippen MR) is 117 cm³/mol. The molecular weight excluding hydrogens is 378 g/mol. The van der Waals surface area contributed by atoms with Crippen LogP contribution in [0, 0.1) is 24.0 Å². The molecule has 0 spiro atoms. The minimum atomic E-state index is -0.349. The number of fused-ring (bicyclic) bond motifs is 1. The molecule has 1 aliphatic heterocycles. The van der Waals surface area contributed by atoms with Crippen LogP contribution in [0.1, 0.15) is 40.4 Å². The van der Waals surface area contributed by atoms with Gasteiger partial charge in [-0.05, 0) is 49.6 Å². The largest absolute Gasteiger partial charge is 0.496 e. The summed E-state index contributed by atoms with van der Waals surface area (Å²) in [5, 5.41) is 11.3. The minimum Gasteiger partial charge on any atom is -0.496 e. The summed E-state index contributed by atoms with van der Waals surface area (Å²) >= 11 is 0. The Morgan fingerprint density at radius 2 is 1.97 bits per heavy atom. The monoisotopic (exact) mass is 405 g/mol. The van der Waals surface area contributed by atoms with Crippen LogP contribution in [0.5, 0.6) is 5.75 Å². The van der Waals surface area contributed by atoms with Crippen LogP contribution in [0.3, 0.4) is 0 Å². The molecule has 6 nitrogen and oxygen atoms in total. The molecule has 0 saturated heterocycles. The first-order valence-electron chi connectivity index (χ1n) is 10.3. The maximum Gasteiger partial charge on any atom is 0.270 e. The van der Waals surface area contributed by atoms with Crippen LogP contribution in [0.25, 0.3) is 0 Å². The molecule has 0 amide bonds. The summed E-state index contributed by atoms with van der Waals surface area (Å²) in [6.45, 7) is 6.71. The van der Waals surface area contributed by atoms with Crippen LogP contribution in [0.2, 0.25) is 0 Å². The third-order valence-corrected chi connectivity index (χ3v) is 5.93. The summed E-state index contributed by atoms with van der Waals surface area (Å²) in [5.74, 6) is 0.681. The fourth-order valence-corrected chi connectivity index (χ4v) is 4.44. The quantitative estimate of drug-likeness (QED) is 0.442. The Balaban J connectivity index is 1.81. The molecule has 1 aromatic heterocycles. The van der Waals surface area contributed by atoms with Crippen LogP contribution < -0.4 is 4.74 Å². The number of aromatic nitrogens is 1. The van der Waals surface area contributed by atoms with Gasteiger partial charge in [-0.1, -0.05) is 23.8 Å². The zero-order chi connectivity index (χ0) is 21.3. The number of ether oxygens (including phenoxy) is 1. The van der Waals surface area contributed by atoms with E-state index in [2.05, 4.69) is 59.8 Å². The normalized spacial score (nSPS) is 16.7. The first-order valence-corrected chi connectivity index (χ1v) is 10.3. The number of nitrogens with zero attached hydrogens (tertiary/aromatic N) is 3. The topological polar surface area (TPSA) is 60.5 Å². The molecule has 1 unspecified atom stereocenters. The van der Waals surface area contributed by atoms with E-state index in [0.717, 1.165) is 25.1 Å². The van der Waals surface area contributed by atoms with E-state index in [1.165, 1.54) is 28.5 Å². The number of nitro benzene ring substituents is 1. The molecule has 0 N–H and O–H groups in total. The lowest BCUT2D eigenvalue weighted by Gasteiger charge is -2.32. The van der Waals surface area contributed by atoms with Crippen molar-refractivity contribution in [3.63, 3.8) is 0 Å². The number of benzene rings is 2. The van der Waals surface area contributed by atoms with Crippen molar-refractivity contribution in [3.05, 3.63) is 92.8 Å². The van der Waals surface area contributed by atoms with Gasteiger partial charge < -0.3 is 9.30 Å². The van der Waals surface area contributed by atoms with E-state index in [1.807, 2.05) is 0 Å². The van der Waals surface area contributed by atoms with E-state index in [0.29, 0.717) is 12.3 Å². The fourth-order valence-electron chi connectivity index (χ4n) is 4.44.